The van der Waals surface area contributed by atoms with Crippen molar-refractivity contribution in [1.82, 2.24) is 4.90 Å². The van der Waals surface area contributed by atoms with Gasteiger partial charge in [0.2, 0.25) is 0 Å². The van der Waals surface area contributed by atoms with Crippen molar-refractivity contribution in [3.63, 3.8) is 0 Å². The fourth-order valence-corrected chi connectivity index (χ4v) is 3.18. The van der Waals surface area contributed by atoms with E-state index in [2.05, 4.69) is 0 Å². The van der Waals surface area contributed by atoms with Gasteiger partial charge in [-0.3, -0.25) is 15.0 Å². The summed E-state index contributed by atoms with van der Waals surface area (Å²) in [6, 6.07) is 13.0. The van der Waals surface area contributed by atoms with Crippen molar-refractivity contribution in [3.8, 4) is 0 Å². The highest BCUT2D eigenvalue weighted by Gasteiger charge is 2.43. The number of carbonyl (C=O) groups excluding carboxylic acids is 3. The molecule has 2 atom stereocenters. The van der Waals surface area contributed by atoms with Gasteiger partial charge in [-0.25, -0.2) is 14.4 Å². The Morgan fingerprint density at radius 3 is 2.39 bits per heavy atom. The molecule has 31 heavy (non-hydrogen) atoms. The number of rotatable bonds is 6. The Bertz CT molecular complexity index is 961. The molecule has 1 saturated heterocycles. The molecule has 0 unspecified atom stereocenters. The first-order valence-corrected chi connectivity index (χ1v) is 9.39. The maximum atomic E-state index is 12.5. The Balaban J connectivity index is 1.64. The minimum absolute atomic E-state index is 0.0251. The second kappa shape index (κ2) is 9.70. The third-order valence-corrected chi connectivity index (χ3v) is 4.76. The predicted molar refractivity (Wildman–Crippen MR) is 106 cm³/mol. The van der Waals surface area contributed by atoms with Gasteiger partial charge in [0.15, 0.2) is 0 Å². The van der Waals surface area contributed by atoms with Crippen LogP contribution in [0.3, 0.4) is 0 Å². The Morgan fingerprint density at radius 1 is 1.10 bits per heavy atom. The van der Waals surface area contributed by atoms with E-state index in [-0.39, 0.29) is 30.8 Å². The second-order valence-electron chi connectivity index (χ2n) is 6.80. The number of hydrogen-bond acceptors (Lipinski definition) is 8. The largest absolute Gasteiger partial charge is 0.467 e. The van der Waals surface area contributed by atoms with Gasteiger partial charge in [-0.1, -0.05) is 30.3 Å². The lowest BCUT2D eigenvalue weighted by atomic mass is 10.2. The predicted octanol–water partition coefficient (Wildman–Crippen LogP) is 2.70. The van der Waals surface area contributed by atoms with E-state index in [4.69, 9.17) is 14.2 Å². The lowest BCUT2D eigenvalue weighted by molar-refractivity contribution is -0.384. The number of ether oxygens (including phenoxy) is 3. The molecule has 0 aliphatic carbocycles. The van der Waals surface area contributed by atoms with Crippen LogP contribution in [-0.2, 0) is 25.6 Å². The van der Waals surface area contributed by atoms with Crippen molar-refractivity contribution in [2.45, 2.75) is 25.2 Å². The molecule has 0 bridgehead atoms. The van der Waals surface area contributed by atoms with Gasteiger partial charge in [0.25, 0.3) is 5.69 Å². The van der Waals surface area contributed by atoms with E-state index < -0.39 is 35.1 Å². The van der Waals surface area contributed by atoms with Crippen LogP contribution >= 0.6 is 0 Å². The number of non-ortho nitro benzene ring substituents is 1. The standard InChI is InChI=1S/C21H20N2O8/c1-29-20(25)18-11-17(31-19(24)15-7-9-16(10-8-15)23(27)28)12-22(18)21(26)30-13-14-5-3-2-4-6-14/h2-10,17-18H,11-13H2,1H3/t17-,18+/m0/s1. The molecule has 0 radical (unpaired) electrons. The minimum atomic E-state index is -0.956. The van der Waals surface area contributed by atoms with Gasteiger partial charge in [0, 0.05) is 18.6 Å². The fourth-order valence-electron chi connectivity index (χ4n) is 3.18. The maximum absolute atomic E-state index is 12.5. The zero-order chi connectivity index (χ0) is 22.4. The van der Waals surface area contributed by atoms with Crippen LogP contribution in [0.1, 0.15) is 22.3 Å². The summed E-state index contributed by atoms with van der Waals surface area (Å²) in [5, 5.41) is 10.7. The van der Waals surface area contributed by atoms with Crippen molar-refractivity contribution in [2.75, 3.05) is 13.7 Å². The van der Waals surface area contributed by atoms with Crippen molar-refractivity contribution in [1.29, 1.82) is 0 Å². The van der Waals surface area contributed by atoms with Gasteiger partial charge in [0.1, 0.15) is 18.8 Å². The summed E-state index contributed by atoms with van der Waals surface area (Å²) in [5.74, 6) is -1.37. The number of hydrogen-bond donors (Lipinski definition) is 0. The summed E-state index contributed by atoms with van der Waals surface area (Å²) < 4.78 is 15.4. The minimum Gasteiger partial charge on any atom is -0.467 e. The second-order valence-corrected chi connectivity index (χ2v) is 6.80. The number of amides is 1. The molecule has 2 aromatic rings. The maximum Gasteiger partial charge on any atom is 0.410 e. The first-order valence-electron chi connectivity index (χ1n) is 9.39. The number of nitrogens with zero attached hydrogens (tertiary/aromatic N) is 2. The Labute approximate surface area is 177 Å². The molecule has 0 aromatic heterocycles. The van der Waals surface area contributed by atoms with E-state index in [0.29, 0.717) is 0 Å². The number of methoxy groups -OCH3 is 1. The molecule has 10 nitrogen and oxygen atoms in total. The van der Waals surface area contributed by atoms with Crippen molar-refractivity contribution < 1.29 is 33.5 Å². The molecule has 1 aliphatic rings. The first-order chi connectivity index (χ1) is 14.9. The zero-order valence-electron chi connectivity index (χ0n) is 16.6. The third kappa shape index (κ3) is 5.35. The summed E-state index contributed by atoms with van der Waals surface area (Å²) in [4.78, 5) is 48.4. The number of esters is 2. The van der Waals surface area contributed by atoms with Crippen molar-refractivity contribution in [3.05, 3.63) is 75.8 Å². The molecule has 10 heteroatoms. The van der Waals surface area contributed by atoms with Crippen LogP contribution in [0, 0.1) is 10.1 Å². The van der Waals surface area contributed by atoms with Gasteiger partial charge in [-0.2, -0.15) is 0 Å². The smallest absolute Gasteiger partial charge is 0.410 e. The lowest BCUT2D eigenvalue weighted by Crippen LogP contribution is -2.41. The molecule has 1 amide bonds. The molecule has 2 aromatic carbocycles. The molecular formula is C21H20N2O8. The van der Waals surface area contributed by atoms with E-state index in [9.17, 15) is 24.5 Å². The average Bonchev–Trinajstić information content (AvgIpc) is 3.21. The van der Waals surface area contributed by atoms with Gasteiger partial charge in [0.05, 0.1) is 24.1 Å². The molecule has 1 heterocycles. The number of nitro benzene ring substituents is 1. The van der Waals surface area contributed by atoms with Crippen LogP contribution in [-0.4, -0.2) is 53.7 Å². The monoisotopic (exact) mass is 428 g/mol. The number of benzene rings is 2. The van der Waals surface area contributed by atoms with Gasteiger partial charge in [-0.05, 0) is 17.7 Å². The lowest BCUT2D eigenvalue weighted by Gasteiger charge is -2.21. The van der Waals surface area contributed by atoms with Crippen LogP contribution in [0.5, 0.6) is 0 Å². The normalized spacial score (nSPS) is 17.6. The summed E-state index contributed by atoms with van der Waals surface area (Å²) in [7, 11) is 1.20. The van der Waals surface area contributed by atoms with Crippen LogP contribution < -0.4 is 0 Å². The number of nitro groups is 1. The number of likely N-dealkylation sites (tertiary alicyclic amines) is 1. The van der Waals surface area contributed by atoms with Gasteiger partial charge < -0.3 is 14.2 Å². The zero-order valence-corrected chi connectivity index (χ0v) is 16.6. The highest BCUT2D eigenvalue weighted by Crippen LogP contribution is 2.24. The fraction of sp³-hybridized carbons (Fsp3) is 0.286. The van der Waals surface area contributed by atoms with Crippen molar-refractivity contribution in [2.24, 2.45) is 0 Å². The van der Waals surface area contributed by atoms with E-state index in [1.807, 2.05) is 18.2 Å². The number of carbonyl (C=O) groups is 3. The van der Waals surface area contributed by atoms with Crippen molar-refractivity contribution >= 4 is 23.7 Å². The van der Waals surface area contributed by atoms with E-state index in [1.54, 1.807) is 12.1 Å². The quantitative estimate of drug-likeness (QED) is 0.298. The van der Waals surface area contributed by atoms with E-state index >= 15 is 0 Å². The Kier molecular flexibility index (Phi) is 6.81. The summed E-state index contributed by atoms with van der Waals surface area (Å²) in [5.41, 5.74) is 0.742. The summed E-state index contributed by atoms with van der Waals surface area (Å²) in [6.45, 7) is -0.0244. The molecule has 0 N–H and O–H groups in total. The van der Waals surface area contributed by atoms with E-state index in [0.717, 1.165) is 5.56 Å². The molecule has 3 rings (SSSR count). The van der Waals surface area contributed by atoms with E-state index in [1.165, 1.54) is 36.3 Å². The first kappa shape index (κ1) is 21.8. The summed E-state index contributed by atoms with van der Waals surface area (Å²) in [6.07, 6.45) is -1.45. The topological polar surface area (TPSA) is 125 Å². The van der Waals surface area contributed by atoms with Gasteiger partial charge >= 0.3 is 18.0 Å². The average molecular weight is 428 g/mol. The van der Waals surface area contributed by atoms with Crippen LogP contribution in [0.15, 0.2) is 54.6 Å². The SMILES string of the molecule is COC(=O)[C@H]1C[C@H](OC(=O)c2ccc([N+](=O)[O-])cc2)CN1C(=O)OCc1ccccc1. The molecule has 0 spiro atoms. The van der Waals surface area contributed by atoms with Crippen LogP contribution in [0.4, 0.5) is 10.5 Å². The molecule has 162 valence electrons. The van der Waals surface area contributed by atoms with Crippen LogP contribution in [0.25, 0.3) is 0 Å². The van der Waals surface area contributed by atoms with Gasteiger partial charge in [-0.15, -0.1) is 0 Å². The molecule has 1 aliphatic heterocycles. The Morgan fingerprint density at radius 2 is 1.77 bits per heavy atom. The highest BCUT2D eigenvalue weighted by molar-refractivity contribution is 5.90. The van der Waals surface area contributed by atoms with Crippen LogP contribution in [0.2, 0.25) is 0 Å². The Hall–Kier alpha value is -3.95. The molecule has 1 fully saturated rings. The summed E-state index contributed by atoms with van der Waals surface area (Å²) >= 11 is 0. The molecular weight excluding hydrogens is 408 g/mol. The highest BCUT2D eigenvalue weighted by atomic mass is 16.6. The molecule has 0 saturated carbocycles. The third-order valence-electron chi connectivity index (χ3n) is 4.76.